The number of methoxy groups -OCH3 is 2. The Morgan fingerprint density at radius 1 is 1.16 bits per heavy atom. The Morgan fingerprint density at radius 2 is 1.80 bits per heavy atom. The van der Waals surface area contributed by atoms with Crippen molar-refractivity contribution < 1.29 is 22.7 Å². The average Bonchev–Trinajstić information content (AvgIpc) is 3.12. The van der Waals surface area contributed by atoms with Gasteiger partial charge in [-0.15, -0.1) is 0 Å². The summed E-state index contributed by atoms with van der Waals surface area (Å²) < 4.78 is 38.5. The van der Waals surface area contributed by atoms with Gasteiger partial charge in [0.05, 0.1) is 14.2 Å². The van der Waals surface area contributed by atoms with Crippen LogP contribution in [0.5, 0.6) is 11.5 Å². The highest BCUT2D eigenvalue weighted by atomic mass is 32.2. The lowest BCUT2D eigenvalue weighted by molar-refractivity contribution is -0.132. The van der Waals surface area contributed by atoms with Crippen molar-refractivity contribution in [1.29, 1.82) is 0 Å². The van der Waals surface area contributed by atoms with E-state index in [-0.39, 0.29) is 22.5 Å². The summed E-state index contributed by atoms with van der Waals surface area (Å²) >= 11 is 0. The highest BCUT2D eigenvalue weighted by Gasteiger charge is 2.33. The second-order valence-electron chi connectivity index (χ2n) is 6.39. The summed E-state index contributed by atoms with van der Waals surface area (Å²) in [6, 6.07) is 3.65. The number of carbonyl (C=O) groups is 1. The van der Waals surface area contributed by atoms with E-state index in [1.165, 1.54) is 26.4 Å². The summed E-state index contributed by atoms with van der Waals surface area (Å²) in [5.41, 5.74) is 0. The average molecular weight is 370 g/mol. The van der Waals surface area contributed by atoms with E-state index < -0.39 is 16.1 Å². The fourth-order valence-electron chi connectivity index (χ4n) is 2.83. The topological polar surface area (TPSA) is 84.9 Å². The summed E-state index contributed by atoms with van der Waals surface area (Å²) in [6.07, 6.45) is 1.91. The number of likely N-dealkylation sites (tertiary alicyclic amines) is 1. The van der Waals surface area contributed by atoms with Crippen LogP contribution in [0.2, 0.25) is 0 Å². The third kappa shape index (κ3) is 4.43. The molecule has 1 saturated heterocycles. The first-order valence-electron chi connectivity index (χ1n) is 8.33. The lowest BCUT2D eigenvalue weighted by atomic mass is 10.0. The van der Waals surface area contributed by atoms with Crippen molar-refractivity contribution >= 4 is 15.9 Å². The maximum absolute atomic E-state index is 12.8. The van der Waals surface area contributed by atoms with Gasteiger partial charge in [-0.1, -0.05) is 13.8 Å². The standard InChI is InChI=1S/C17H26N2O5S/c1-12(2)16(17(20)19-9-5-6-10-19)18-25(21,22)15-8-7-13(23-3)11-14(15)24-4/h7-8,11-12,16,18H,5-6,9-10H2,1-4H3/t16-/m1/s1. The van der Waals surface area contributed by atoms with Gasteiger partial charge >= 0.3 is 0 Å². The maximum Gasteiger partial charge on any atom is 0.244 e. The van der Waals surface area contributed by atoms with Gasteiger partial charge in [0.15, 0.2) is 0 Å². The molecule has 0 aromatic heterocycles. The molecule has 0 aliphatic carbocycles. The van der Waals surface area contributed by atoms with E-state index in [1.54, 1.807) is 11.0 Å². The molecule has 7 nitrogen and oxygen atoms in total. The minimum atomic E-state index is -3.92. The van der Waals surface area contributed by atoms with Crippen LogP contribution in [0.25, 0.3) is 0 Å². The molecule has 1 aromatic rings. The molecule has 1 heterocycles. The molecular formula is C17H26N2O5S. The van der Waals surface area contributed by atoms with Gasteiger partial charge in [0.1, 0.15) is 22.4 Å². The van der Waals surface area contributed by atoms with Crippen molar-refractivity contribution in [2.75, 3.05) is 27.3 Å². The van der Waals surface area contributed by atoms with Crippen molar-refractivity contribution in [2.45, 2.75) is 37.6 Å². The number of rotatable bonds is 7. The Hall–Kier alpha value is -1.80. The first-order valence-corrected chi connectivity index (χ1v) is 9.81. The van der Waals surface area contributed by atoms with Gasteiger partial charge < -0.3 is 14.4 Å². The van der Waals surface area contributed by atoms with Crippen LogP contribution in [0.1, 0.15) is 26.7 Å². The fourth-order valence-corrected chi connectivity index (χ4v) is 4.32. The molecule has 0 spiro atoms. The summed E-state index contributed by atoms with van der Waals surface area (Å²) in [4.78, 5) is 14.4. The van der Waals surface area contributed by atoms with Gasteiger partial charge in [0.2, 0.25) is 15.9 Å². The van der Waals surface area contributed by atoms with E-state index in [0.29, 0.717) is 18.8 Å². The zero-order valence-corrected chi connectivity index (χ0v) is 15.9. The fraction of sp³-hybridized carbons (Fsp3) is 0.588. The van der Waals surface area contributed by atoms with Crippen molar-refractivity contribution in [3.63, 3.8) is 0 Å². The number of amides is 1. The molecular weight excluding hydrogens is 344 g/mol. The van der Waals surface area contributed by atoms with Gasteiger partial charge in [-0.3, -0.25) is 4.79 Å². The minimum absolute atomic E-state index is 0.0179. The first-order chi connectivity index (χ1) is 11.8. The molecule has 8 heteroatoms. The van der Waals surface area contributed by atoms with Gasteiger partial charge in [0.25, 0.3) is 0 Å². The zero-order chi connectivity index (χ0) is 18.6. The maximum atomic E-state index is 12.8. The number of nitrogens with one attached hydrogen (secondary N) is 1. The molecule has 1 amide bonds. The molecule has 1 aliphatic rings. The predicted molar refractivity (Wildman–Crippen MR) is 94.3 cm³/mol. The molecule has 1 N–H and O–H groups in total. The SMILES string of the molecule is COc1ccc(S(=O)(=O)N[C@@H](C(=O)N2CCCC2)C(C)C)c(OC)c1. The smallest absolute Gasteiger partial charge is 0.244 e. The third-order valence-corrected chi connectivity index (χ3v) is 5.77. The number of carbonyl (C=O) groups excluding carboxylic acids is 1. The van der Waals surface area contributed by atoms with Crippen LogP contribution in [0.4, 0.5) is 0 Å². The van der Waals surface area contributed by atoms with E-state index >= 15 is 0 Å². The van der Waals surface area contributed by atoms with Crippen molar-refractivity contribution in [3.05, 3.63) is 18.2 Å². The van der Waals surface area contributed by atoms with Crippen LogP contribution in [0.3, 0.4) is 0 Å². The normalized spacial score (nSPS) is 16.1. The quantitative estimate of drug-likeness (QED) is 0.788. The molecule has 1 fully saturated rings. The predicted octanol–water partition coefficient (Wildman–Crippen LogP) is 1.63. The van der Waals surface area contributed by atoms with Crippen molar-refractivity contribution in [2.24, 2.45) is 5.92 Å². The molecule has 140 valence electrons. The van der Waals surface area contributed by atoms with Gasteiger partial charge in [-0.25, -0.2) is 8.42 Å². The van der Waals surface area contributed by atoms with Crippen LogP contribution >= 0.6 is 0 Å². The molecule has 0 radical (unpaired) electrons. The lowest BCUT2D eigenvalue weighted by Gasteiger charge is -2.26. The number of hydrogen-bond donors (Lipinski definition) is 1. The molecule has 0 bridgehead atoms. The van der Waals surface area contributed by atoms with E-state index in [0.717, 1.165) is 12.8 Å². The molecule has 0 unspecified atom stereocenters. The van der Waals surface area contributed by atoms with Gasteiger partial charge in [-0.05, 0) is 30.9 Å². The molecule has 1 aliphatic heterocycles. The van der Waals surface area contributed by atoms with E-state index in [2.05, 4.69) is 4.72 Å². The first kappa shape index (κ1) is 19.5. The van der Waals surface area contributed by atoms with Crippen LogP contribution in [-0.4, -0.2) is 52.6 Å². The summed E-state index contributed by atoms with van der Waals surface area (Å²) in [7, 11) is -1.04. The van der Waals surface area contributed by atoms with Crippen molar-refractivity contribution in [3.8, 4) is 11.5 Å². The number of hydrogen-bond acceptors (Lipinski definition) is 5. The Morgan fingerprint density at radius 3 is 2.32 bits per heavy atom. The summed E-state index contributed by atoms with van der Waals surface area (Å²) in [5.74, 6) is 0.308. The minimum Gasteiger partial charge on any atom is -0.497 e. The molecule has 1 aromatic carbocycles. The Balaban J connectivity index is 2.30. The number of benzene rings is 1. The molecule has 2 rings (SSSR count). The second kappa shape index (κ2) is 8.05. The summed E-state index contributed by atoms with van der Waals surface area (Å²) in [6.45, 7) is 5.00. The monoisotopic (exact) mass is 370 g/mol. The van der Waals surface area contributed by atoms with Gasteiger partial charge in [-0.2, -0.15) is 4.72 Å². The zero-order valence-electron chi connectivity index (χ0n) is 15.1. The van der Waals surface area contributed by atoms with Crippen LogP contribution in [0.15, 0.2) is 23.1 Å². The Bertz CT molecular complexity index is 712. The lowest BCUT2D eigenvalue weighted by Crippen LogP contribution is -2.50. The number of ether oxygens (including phenoxy) is 2. The van der Waals surface area contributed by atoms with Crippen LogP contribution in [-0.2, 0) is 14.8 Å². The largest absolute Gasteiger partial charge is 0.497 e. The molecule has 0 saturated carbocycles. The van der Waals surface area contributed by atoms with Crippen molar-refractivity contribution in [1.82, 2.24) is 9.62 Å². The van der Waals surface area contributed by atoms with Gasteiger partial charge in [0, 0.05) is 19.2 Å². The highest BCUT2D eigenvalue weighted by molar-refractivity contribution is 7.89. The second-order valence-corrected chi connectivity index (χ2v) is 8.07. The Labute approximate surface area is 149 Å². The van der Waals surface area contributed by atoms with Crippen LogP contribution < -0.4 is 14.2 Å². The summed E-state index contributed by atoms with van der Waals surface area (Å²) in [5, 5.41) is 0. The number of sulfonamides is 1. The molecule has 1 atom stereocenters. The molecule has 25 heavy (non-hydrogen) atoms. The Kier molecular flexibility index (Phi) is 6.29. The number of nitrogens with zero attached hydrogens (tertiary/aromatic N) is 1. The van der Waals surface area contributed by atoms with E-state index in [4.69, 9.17) is 9.47 Å². The van der Waals surface area contributed by atoms with E-state index in [1.807, 2.05) is 13.8 Å². The third-order valence-electron chi connectivity index (χ3n) is 4.29. The highest BCUT2D eigenvalue weighted by Crippen LogP contribution is 2.29. The van der Waals surface area contributed by atoms with E-state index in [9.17, 15) is 13.2 Å². The van der Waals surface area contributed by atoms with Crippen LogP contribution in [0, 0.1) is 5.92 Å².